The summed E-state index contributed by atoms with van der Waals surface area (Å²) in [6.45, 7) is 0. The number of thiazole rings is 1. The summed E-state index contributed by atoms with van der Waals surface area (Å²) in [5.74, 6) is -4.04. The molecule has 0 bridgehead atoms. The molecule has 0 saturated carbocycles. The zero-order valence-corrected chi connectivity index (χ0v) is 19.3. The number of aromatic nitrogens is 1. The second kappa shape index (κ2) is 9.12. The molecule has 1 atom stereocenters. The average molecular weight is 499 g/mol. The highest BCUT2D eigenvalue weighted by atomic mass is 32.1. The van der Waals surface area contributed by atoms with Gasteiger partial charge in [-0.2, -0.15) is 0 Å². The second-order valence-electron chi connectivity index (χ2n) is 8.00. The highest BCUT2D eigenvalue weighted by Gasteiger charge is 2.47. The Balaban J connectivity index is 1.70. The number of aromatic hydroxyl groups is 1. The fourth-order valence-electron chi connectivity index (χ4n) is 4.18. The SMILES string of the molecule is O=C1C(=O)N(c2ccc(O)c(C(=O)O)c2)C(c2ccc(-c3nccs3)cc2)C1=C(O)c1ccccc1. The molecule has 5 rings (SSSR count). The van der Waals surface area contributed by atoms with Gasteiger partial charge in [-0.3, -0.25) is 14.5 Å². The number of aliphatic hydroxyl groups excluding tert-OH is 1. The van der Waals surface area contributed by atoms with Gasteiger partial charge in [0.15, 0.2) is 0 Å². The van der Waals surface area contributed by atoms with Gasteiger partial charge in [-0.05, 0) is 23.8 Å². The predicted octanol–water partition coefficient (Wildman–Crippen LogP) is 4.84. The van der Waals surface area contributed by atoms with Gasteiger partial charge in [-0.15, -0.1) is 11.3 Å². The third kappa shape index (κ3) is 3.91. The Morgan fingerprint density at radius 1 is 0.944 bits per heavy atom. The summed E-state index contributed by atoms with van der Waals surface area (Å²) >= 11 is 1.46. The number of carbonyl (C=O) groups excluding carboxylic acids is 2. The van der Waals surface area contributed by atoms with Crippen molar-refractivity contribution in [1.29, 1.82) is 0 Å². The molecule has 0 spiro atoms. The number of rotatable bonds is 5. The van der Waals surface area contributed by atoms with E-state index in [0.29, 0.717) is 11.1 Å². The van der Waals surface area contributed by atoms with Crippen LogP contribution in [0.25, 0.3) is 16.3 Å². The van der Waals surface area contributed by atoms with Crippen molar-refractivity contribution in [3.8, 4) is 16.3 Å². The van der Waals surface area contributed by atoms with Gasteiger partial charge in [-0.1, -0.05) is 54.6 Å². The number of hydrogen-bond acceptors (Lipinski definition) is 7. The van der Waals surface area contributed by atoms with E-state index in [-0.39, 0.29) is 17.0 Å². The largest absolute Gasteiger partial charge is 0.507 e. The number of phenols is 1. The van der Waals surface area contributed by atoms with Crippen LogP contribution >= 0.6 is 11.3 Å². The summed E-state index contributed by atoms with van der Waals surface area (Å²) in [6.07, 6.45) is 1.69. The van der Waals surface area contributed by atoms with E-state index in [1.54, 1.807) is 60.8 Å². The lowest BCUT2D eigenvalue weighted by Gasteiger charge is -2.26. The Morgan fingerprint density at radius 3 is 2.31 bits per heavy atom. The molecule has 178 valence electrons. The van der Waals surface area contributed by atoms with Gasteiger partial charge in [0.1, 0.15) is 22.1 Å². The molecular weight excluding hydrogens is 480 g/mol. The van der Waals surface area contributed by atoms with Gasteiger partial charge < -0.3 is 15.3 Å². The summed E-state index contributed by atoms with van der Waals surface area (Å²) in [4.78, 5) is 43.6. The van der Waals surface area contributed by atoms with Crippen LogP contribution in [0.15, 0.2) is 89.9 Å². The van der Waals surface area contributed by atoms with Crippen molar-refractivity contribution in [2.45, 2.75) is 6.04 Å². The lowest BCUT2D eigenvalue weighted by atomic mass is 9.94. The maximum absolute atomic E-state index is 13.3. The minimum atomic E-state index is -1.39. The van der Waals surface area contributed by atoms with Crippen LogP contribution in [0.1, 0.15) is 27.5 Å². The number of aliphatic hydroxyl groups is 1. The quantitative estimate of drug-likeness (QED) is 0.204. The number of carbonyl (C=O) groups is 3. The highest BCUT2D eigenvalue weighted by Crippen LogP contribution is 2.43. The van der Waals surface area contributed by atoms with E-state index in [0.717, 1.165) is 27.6 Å². The van der Waals surface area contributed by atoms with E-state index < -0.39 is 35.0 Å². The summed E-state index contributed by atoms with van der Waals surface area (Å²) in [7, 11) is 0. The molecule has 1 amide bonds. The zero-order chi connectivity index (χ0) is 25.4. The Bertz CT molecular complexity index is 1510. The van der Waals surface area contributed by atoms with Crippen LogP contribution in [0.5, 0.6) is 5.75 Å². The molecule has 1 saturated heterocycles. The molecule has 4 aromatic rings. The average Bonchev–Trinajstić information content (AvgIpc) is 3.52. The van der Waals surface area contributed by atoms with Crippen molar-refractivity contribution in [3.63, 3.8) is 0 Å². The molecule has 9 heteroatoms. The first-order chi connectivity index (χ1) is 17.4. The number of hydrogen-bond donors (Lipinski definition) is 3. The molecule has 1 aliphatic rings. The van der Waals surface area contributed by atoms with Gasteiger partial charge >= 0.3 is 5.97 Å². The lowest BCUT2D eigenvalue weighted by Crippen LogP contribution is -2.29. The first-order valence-electron chi connectivity index (χ1n) is 10.8. The third-order valence-corrected chi connectivity index (χ3v) is 6.71. The van der Waals surface area contributed by atoms with Crippen LogP contribution in [0.2, 0.25) is 0 Å². The maximum atomic E-state index is 13.3. The van der Waals surface area contributed by atoms with Crippen molar-refractivity contribution >= 4 is 40.4 Å². The molecule has 3 N–H and O–H groups in total. The van der Waals surface area contributed by atoms with Gasteiger partial charge in [0.2, 0.25) is 0 Å². The van der Waals surface area contributed by atoms with Gasteiger partial charge in [0.05, 0.1) is 11.6 Å². The third-order valence-electron chi connectivity index (χ3n) is 5.89. The zero-order valence-electron chi connectivity index (χ0n) is 18.5. The minimum Gasteiger partial charge on any atom is -0.507 e. The van der Waals surface area contributed by atoms with E-state index >= 15 is 0 Å². The molecule has 2 heterocycles. The van der Waals surface area contributed by atoms with E-state index in [4.69, 9.17) is 0 Å². The Morgan fingerprint density at radius 2 is 1.67 bits per heavy atom. The van der Waals surface area contributed by atoms with Gasteiger partial charge in [0.25, 0.3) is 11.7 Å². The van der Waals surface area contributed by atoms with Crippen LogP contribution in [0.3, 0.4) is 0 Å². The Hall–Kier alpha value is -4.76. The molecule has 8 nitrogen and oxygen atoms in total. The number of anilines is 1. The first-order valence-corrected chi connectivity index (χ1v) is 11.7. The molecule has 1 unspecified atom stereocenters. The van der Waals surface area contributed by atoms with Crippen molar-refractivity contribution in [3.05, 3.63) is 107 Å². The van der Waals surface area contributed by atoms with Gasteiger partial charge in [-0.25, -0.2) is 9.78 Å². The normalized spacial score (nSPS) is 16.9. The van der Waals surface area contributed by atoms with Crippen molar-refractivity contribution < 1.29 is 29.7 Å². The minimum absolute atomic E-state index is 0.0911. The van der Waals surface area contributed by atoms with Crippen molar-refractivity contribution in [1.82, 2.24) is 4.98 Å². The van der Waals surface area contributed by atoms with Crippen molar-refractivity contribution in [2.24, 2.45) is 0 Å². The van der Waals surface area contributed by atoms with Crippen LogP contribution < -0.4 is 4.90 Å². The molecular formula is C27H18N2O6S. The standard InChI is InChI=1S/C27H18N2O6S/c30-20-11-10-18(14-19(20)27(34)35)29-22(15-6-8-17(9-7-15)25-28-12-13-36-25)21(24(32)26(29)33)23(31)16-4-2-1-3-5-16/h1-14,22,30-31H,(H,34,35). The van der Waals surface area contributed by atoms with Crippen LogP contribution in [0, 0.1) is 0 Å². The lowest BCUT2D eigenvalue weighted by molar-refractivity contribution is -0.132. The fraction of sp³-hybridized carbons (Fsp3) is 0.0370. The number of nitrogens with zero attached hydrogens (tertiary/aromatic N) is 2. The topological polar surface area (TPSA) is 128 Å². The summed E-state index contributed by atoms with van der Waals surface area (Å²) in [5.41, 5.74) is 1.27. The number of ketones is 1. The van der Waals surface area contributed by atoms with Crippen LogP contribution in [0.4, 0.5) is 5.69 Å². The van der Waals surface area contributed by atoms with E-state index in [2.05, 4.69) is 4.98 Å². The molecule has 1 aliphatic heterocycles. The van der Waals surface area contributed by atoms with E-state index in [1.165, 1.54) is 17.4 Å². The number of carboxylic acids is 1. The van der Waals surface area contributed by atoms with Gasteiger partial charge in [0, 0.05) is 28.4 Å². The Labute approximate surface area is 209 Å². The monoisotopic (exact) mass is 498 g/mol. The molecule has 1 aromatic heterocycles. The van der Waals surface area contributed by atoms with Crippen LogP contribution in [-0.4, -0.2) is 38.0 Å². The number of benzene rings is 3. The number of amides is 1. The summed E-state index contributed by atoms with van der Waals surface area (Å²) in [6, 6.07) is 18.1. The highest BCUT2D eigenvalue weighted by molar-refractivity contribution is 7.13. The predicted molar refractivity (Wildman–Crippen MR) is 134 cm³/mol. The molecule has 1 fully saturated rings. The first kappa shape index (κ1) is 23.0. The van der Waals surface area contributed by atoms with E-state index in [1.807, 2.05) is 5.38 Å². The van der Waals surface area contributed by atoms with E-state index in [9.17, 15) is 29.7 Å². The fourth-order valence-corrected chi connectivity index (χ4v) is 4.83. The molecule has 0 aliphatic carbocycles. The number of aromatic carboxylic acids is 1. The number of Topliss-reactive ketones (excluding diaryl/α,β-unsaturated/α-hetero) is 1. The van der Waals surface area contributed by atoms with Crippen LogP contribution in [-0.2, 0) is 9.59 Å². The van der Waals surface area contributed by atoms with Crippen molar-refractivity contribution in [2.75, 3.05) is 4.90 Å². The smallest absolute Gasteiger partial charge is 0.339 e. The second-order valence-corrected chi connectivity index (χ2v) is 8.90. The molecule has 3 aromatic carbocycles. The molecule has 0 radical (unpaired) electrons. The Kier molecular flexibility index (Phi) is 5.83. The number of carboxylic acid groups (broad SMARTS) is 1. The maximum Gasteiger partial charge on any atom is 0.339 e. The molecule has 36 heavy (non-hydrogen) atoms. The summed E-state index contributed by atoms with van der Waals surface area (Å²) < 4.78 is 0. The summed E-state index contributed by atoms with van der Waals surface area (Å²) in [5, 5.41) is 33.2.